The van der Waals surface area contributed by atoms with Gasteiger partial charge in [0, 0.05) is 10.0 Å². The molecule has 1 spiro atoms. The lowest BCUT2D eigenvalue weighted by atomic mass is 9.73. The maximum atomic E-state index is 12.8. The molecule has 3 N–H and O–H groups in total. The van der Waals surface area contributed by atoms with Crippen LogP contribution in [0.25, 0.3) is 0 Å². The van der Waals surface area contributed by atoms with Gasteiger partial charge in [0.2, 0.25) is 0 Å². The lowest BCUT2D eigenvalue weighted by molar-refractivity contribution is -0.137. The Hall–Kier alpha value is -2.42. The summed E-state index contributed by atoms with van der Waals surface area (Å²) in [5.41, 5.74) is 3.98. The predicted octanol–water partition coefficient (Wildman–Crippen LogP) is 1.71. The van der Waals surface area contributed by atoms with Gasteiger partial charge < -0.3 is 5.32 Å². The Balaban J connectivity index is 1.57. The molecule has 1 aliphatic heterocycles. The van der Waals surface area contributed by atoms with Gasteiger partial charge in [0.05, 0.1) is 0 Å². The van der Waals surface area contributed by atoms with Crippen LogP contribution in [0.5, 0.6) is 0 Å². The standard InChI is InChI=1S/C18H21BrN4O4/c1-11-4-2-3-9-18(11)16(26)23(17(27)20-18)10-14(24)21-22-15(25)12-5-7-13(19)8-6-12/h5-8,11H,2-4,9-10H2,1H3,(H,20,27)(H,21,24)(H,22,25)/t11-,18-/m1/s1. The molecule has 8 nitrogen and oxygen atoms in total. The second-order valence-electron chi connectivity index (χ2n) is 6.95. The first kappa shape index (κ1) is 19.3. The van der Waals surface area contributed by atoms with E-state index in [9.17, 15) is 19.2 Å². The van der Waals surface area contributed by atoms with Gasteiger partial charge in [-0.25, -0.2) is 4.79 Å². The zero-order chi connectivity index (χ0) is 19.6. The van der Waals surface area contributed by atoms with Crippen molar-refractivity contribution in [1.29, 1.82) is 0 Å². The summed E-state index contributed by atoms with van der Waals surface area (Å²) in [7, 11) is 0. The summed E-state index contributed by atoms with van der Waals surface area (Å²) in [6.45, 7) is 1.50. The number of nitrogens with one attached hydrogen (secondary N) is 3. The van der Waals surface area contributed by atoms with Crippen LogP contribution in [-0.2, 0) is 9.59 Å². The van der Waals surface area contributed by atoms with E-state index in [-0.39, 0.29) is 11.8 Å². The van der Waals surface area contributed by atoms with Crippen LogP contribution in [0, 0.1) is 5.92 Å². The Bertz CT molecular complexity index is 782. The molecule has 27 heavy (non-hydrogen) atoms. The molecule has 1 heterocycles. The summed E-state index contributed by atoms with van der Waals surface area (Å²) in [4.78, 5) is 50.1. The summed E-state index contributed by atoms with van der Waals surface area (Å²) in [5.74, 6) is -1.49. The van der Waals surface area contributed by atoms with Gasteiger partial charge in [0.15, 0.2) is 0 Å². The zero-order valence-electron chi connectivity index (χ0n) is 14.9. The Morgan fingerprint density at radius 2 is 1.93 bits per heavy atom. The van der Waals surface area contributed by atoms with Crippen LogP contribution in [0.3, 0.4) is 0 Å². The largest absolute Gasteiger partial charge is 0.325 e. The summed E-state index contributed by atoms with van der Waals surface area (Å²) >= 11 is 3.27. The summed E-state index contributed by atoms with van der Waals surface area (Å²) in [6, 6.07) is 6.03. The van der Waals surface area contributed by atoms with Crippen molar-refractivity contribution in [3.05, 3.63) is 34.3 Å². The van der Waals surface area contributed by atoms with E-state index >= 15 is 0 Å². The van der Waals surface area contributed by atoms with E-state index in [0.717, 1.165) is 28.6 Å². The van der Waals surface area contributed by atoms with E-state index in [4.69, 9.17) is 0 Å². The summed E-state index contributed by atoms with van der Waals surface area (Å²) in [5, 5.41) is 2.79. The number of hydrogen-bond donors (Lipinski definition) is 3. The van der Waals surface area contributed by atoms with E-state index < -0.39 is 29.9 Å². The average molecular weight is 437 g/mol. The Kier molecular flexibility index (Phi) is 5.50. The normalized spacial score (nSPS) is 24.7. The van der Waals surface area contributed by atoms with Gasteiger partial charge in [0.1, 0.15) is 12.1 Å². The molecule has 2 fully saturated rings. The molecule has 0 unspecified atom stereocenters. The number of benzene rings is 1. The number of halogens is 1. The van der Waals surface area contributed by atoms with E-state index in [2.05, 4.69) is 32.1 Å². The van der Waals surface area contributed by atoms with Crippen LogP contribution in [0.4, 0.5) is 4.79 Å². The highest BCUT2D eigenvalue weighted by molar-refractivity contribution is 9.10. The molecular formula is C18H21BrN4O4. The van der Waals surface area contributed by atoms with Gasteiger partial charge in [0.25, 0.3) is 17.7 Å². The average Bonchev–Trinajstić information content (AvgIpc) is 2.88. The second kappa shape index (κ2) is 7.67. The van der Waals surface area contributed by atoms with Crippen molar-refractivity contribution in [2.75, 3.05) is 6.54 Å². The maximum Gasteiger partial charge on any atom is 0.325 e. The lowest BCUT2D eigenvalue weighted by Crippen LogP contribution is -2.54. The Labute approximate surface area is 165 Å². The molecule has 144 valence electrons. The lowest BCUT2D eigenvalue weighted by Gasteiger charge is -2.36. The fourth-order valence-corrected chi connectivity index (χ4v) is 3.89. The maximum absolute atomic E-state index is 12.8. The molecule has 1 aromatic rings. The van der Waals surface area contributed by atoms with Crippen LogP contribution in [-0.4, -0.2) is 40.7 Å². The molecule has 1 aliphatic carbocycles. The van der Waals surface area contributed by atoms with Gasteiger partial charge >= 0.3 is 6.03 Å². The topological polar surface area (TPSA) is 108 Å². The molecule has 3 rings (SSSR count). The number of rotatable bonds is 3. The van der Waals surface area contributed by atoms with Gasteiger partial charge in [-0.1, -0.05) is 35.7 Å². The Morgan fingerprint density at radius 3 is 2.59 bits per heavy atom. The number of amides is 5. The van der Waals surface area contributed by atoms with Crippen molar-refractivity contribution in [1.82, 2.24) is 21.1 Å². The minimum Gasteiger partial charge on any atom is -0.323 e. The molecular weight excluding hydrogens is 416 g/mol. The molecule has 2 atom stereocenters. The van der Waals surface area contributed by atoms with Crippen LogP contribution in [0.15, 0.2) is 28.7 Å². The van der Waals surface area contributed by atoms with Crippen molar-refractivity contribution in [3.8, 4) is 0 Å². The van der Waals surface area contributed by atoms with E-state index in [1.54, 1.807) is 24.3 Å². The number of carbonyl (C=O) groups is 4. The molecule has 0 radical (unpaired) electrons. The van der Waals surface area contributed by atoms with Crippen molar-refractivity contribution in [2.24, 2.45) is 5.92 Å². The van der Waals surface area contributed by atoms with Crippen LogP contribution in [0.1, 0.15) is 43.0 Å². The molecule has 9 heteroatoms. The van der Waals surface area contributed by atoms with Crippen molar-refractivity contribution in [3.63, 3.8) is 0 Å². The van der Waals surface area contributed by atoms with E-state index in [1.807, 2.05) is 6.92 Å². The second-order valence-corrected chi connectivity index (χ2v) is 7.86. The van der Waals surface area contributed by atoms with Crippen molar-refractivity contribution < 1.29 is 19.2 Å². The predicted molar refractivity (Wildman–Crippen MR) is 100 cm³/mol. The fourth-order valence-electron chi connectivity index (χ4n) is 3.62. The molecule has 1 saturated carbocycles. The highest BCUT2D eigenvalue weighted by Gasteiger charge is 2.55. The first-order chi connectivity index (χ1) is 12.8. The smallest absolute Gasteiger partial charge is 0.323 e. The molecule has 1 saturated heterocycles. The number of nitrogens with zero attached hydrogens (tertiary/aromatic N) is 1. The monoisotopic (exact) mass is 436 g/mol. The molecule has 0 aromatic heterocycles. The molecule has 5 amide bonds. The third kappa shape index (κ3) is 3.83. The highest BCUT2D eigenvalue weighted by Crippen LogP contribution is 2.38. The van der Waals surface area contributed by atoms with Crippen molar-refractivity contribution in [2.45, 2.75) is 38.1 Å². The number of hydrazine groups is 1. The number of imide groups is 1. The molecule has 0 bridgehead atoms. The number of hydrogen-bond acceptors (Lipinski definition) is 4. The van der Waals surface area contributed by atoms with Crippen LogP contribution >= 0.6 is 15.9 Å². The summed E-state index contributed by atoms with van der Waals surface area (Å²) in [6.07, 6.45) is 3.32. The summed E-state index contributed by atoms with van der Waals surface area (Å²) < 4.78 is 0.826. The molecule has 2 aliphatic rings. The van der Waals surface area contributed by atoms with Crippen LogP contribution < -0.4 is 16.2 Å². The molecule has 1 aromatic carbocycles. The minimum atomic E-state index is -0.906. The van der Waals surface area contributed by atoms with Gasteiger partial charge in [-0.3, -0.25) is 30.1 Å². The fraction of sp³-hybridized carbons (Fsp3) is 0.444. The third-order valence-corrected chi connectivity index (χ3v) is 5.75. The number of carbonyl (C=O) groups excluding carboxylic acids is 4. The van der Waals surface area contributed by atoms with Crippen molar-refractivity contribution >= 4 is 39.7 Å². The zero-order valence-corrected chi connectivity index (χ0v) is 16.5. The van der Waals surface area contributed by atoms with Gasteiger partial charge in [-0.15, -0.1) is 0 Å². The SMILES string of the molecule is C[C@@H]1CCCC[C@@]12NC(=O)N(CC(=O)NNC(=O)c1ccc(Br)cc1)C2=O. The first-order valence-corrected chi connectivity index (χ1v) is 9.61. The Morgan fingerprint density at radius 1 is 1.22 bits per heavy atom. The quantitative estimate of drug-likeness (QED) is 0.494. The van der Waals surface area contributed by atoms with E-state index in [0.29, 0.717) is 12.0 Å². The van der Waals surface area contributed by atoms with E-state index in [1.165, 1.54) is 0 Å². The highest BCUT2D eigenvalue weighted by atomic mass is 79.9. The first-order valence-electron chi connectivity index (χ1n) is 8.82. The van der Waals surface area contributed by atoms with Gasteiger partial charge in [-0.05, 0) is 43.0 Å². The van der Waals surface area contributed by atoms with Crippen LogP contribution in [0.2, 0.25) is 0 Å². The third-order valence-electron chi connectivity index (χ3n) is 5.23. The minimum absolute atomic E-state index is 0.0212. The van der Waals surface area contributed by atoms with Gasteiger partial charge in [-0.2, -0.15) is 0 Å². The number of urea groups is 1.